The number of hydrogen-bond acceptors (Lipinski definition) is 4. The summed E-state index contributed by atoms with van der Waals surface area (Å²) in [5.41, 5.74) is -0.497. The van der Waals surface area contributed by atoms with E-state index in [9.17, 15) is 4.79 Å². The molecule has 0 bridgehead atoms. The zero-order chi connectivity index (χ0) is 15.1. The maximum atomic E-state index is 12.5. The highest BCUT2D eigenvalue weighted by atomic mass is 32.1. The zero-order valence-corrected chi connectivity index (χ0v) is 13.1. The van der Waals surface area contributed by atoms with E-state index in [4.69, 9.17) is 15.9 Å². The lowest BCUT2D eigenvalue weighted by Gasteiger charge is -2.33. The Morgan fingerprint density at radius 1 is 1.43 bits per heavy atom. The minimum absolute atomic E-state index is 0.141. The second kappa shape index (κ2) is 7.48. The molecule has 1 N–H and O–H groups in total. The third-order valence-corrected chi connectivity index (χ3v) is 4.61. The van der Waals surface area contributed by atoms with E-state index in [-0.39, 0.29) is 5.91 Å². The van der Waals surface area contributed by atoms with Crippen molar-refractivity contribution < 1.29 is 14.3 Å². The van der Waals surface area contributed by atoms with E-state index >= 15 is 0 Å². The number of rotatable bonds is 6. The highest BCUT2D eigenvalue weighted by Gasteiger charge is 2.32. The van der Waals surface area contributed by atoms with E-state index in [0.29, 0.717) is 23.8 Å². The Balaban J connectivity index is 2.03. The van der Waals surface area contributed by atoms with E-state index in [2.05, 4.69) is 11.2 Å². The monoisotopic (exact) mass is 307 g/mol. The molecule has 21 heavy (non-hydrogen) atoms. The normalized spacial score (nSPS) is 17.0. The average Bonchev–Trinajstić information content (AvgIpc) is 2.97. The van der Waals surface area contributed by atoms with Crippen molar-refractivity contribution in [1.29, 1.82) is 0 Å². The van der Waals surface area contributed by atoms with Gasteiger partial charge in [0.2, 0.25) is 0 Å². The van der Waals surface area contributed by atoms with Gasteiger partial charge in [0.1, 0.15) is 22.8 Å². The fourth-order valence-corrected chi connectivity index (χ4v) is 3.28. The predicted octanol–water partition coefficient (Wildman–Crippen LogP) is 2.84. The molecule has 1 aromatic rings. The first-order chi connectivity index (χ1) is 10.2. The van der Waals surface area contributed by atoms with E-state index in [1.54, 1.807) is 13.2 Å². The SMILES string of the molecule is C#CC1(NC(=O)c2sccc2OCCOC)CCCCC1. The molecule has 1 aromatic heterocycles. The third-order valence-electron chi connectivity index (χ3n) is 3.72. The molecule has 0 unspecified atom stereocenters. The molecule has 1 aliphatic carbocycles. The van der Waals surface area contributed by atoms with Crippen LogP contribution in [0.4, 0.5) is 0 Å². The standard InChI is InChI=1S/C16H21NO3S/c1-3-16(8-5-4-6-9-16)17-15(18)14-13(7-12-21-14)20-11-10-19-2/h1,7,12H,4-6,8-11H2,2H3,(H,17,18). The molecular formula is C16H21NO3S. The highest BCUT2D eigenvalue weighted by molar-refractivity contribution is 7.12. The fraction of sp³-hybridized carbons (Fsp3) is 0.562. The molecule has 0 radical (unpaired) electrons. The summed E-state index contributed by atoms with van der Waals surface area (Å²) in [7, 11) is 1.62. The van der Waals surface area contributed by atoms with Crippen molar-refractivity contribution in [3.63, 3.8) is 0 Å². The number of nitrogens with one attached hydrogen (secondary N) is 1. The molecule has 5 heteroatoms. The molecule has 1 saturated carbocycles. The summed E-state index contributed by atoms with van der Waals surface area (Å²) in [6, 6.07) is 1.80. The number of terminal acetylenes is 1. The molecule has 1 amide bonds. The molecule has 2 rings (SSSR count). The number of thiophene rings is 1. The Kier molecular flexibility index (Phi) is 5.66. The van der Waals surface area contributed by atoms with Gasteiger partial charge in [-0.05, 0) is 24.3 Å². The van der Waals surface area contributed by atoms with Crippen LogP contribution in [0.1, 0.15) is 41.8 Å². The zero-order valence-electron chi connectivity index (χ0n) is 12.3. The maximum Gasteiger partial charge on any atom is 0.266 e. The number of ether oxygens (including phenoxy) is 2. The first kappa shape index (κ1) is 15.9. The number of hydrogen-bond donors (Lipinski definition) is 1. The Morgan fingerprint density at radius 3 is 2.86 bits per heavy atom. The van der Waals surface area contributed by atoms with Crippen LogP contribution in [-0.2, 0) is 4.74 Å². The van der Waals surface area contributed by atoms with Crippen molar-refractivity contribution in [1.82, 2.24) is 5.32 Å². The quantitative estimate of drug-likeness (QED) is 0.649. The van der Waals surface area contributed by atoms with Gasteiger partial charge >= 0.3 is 0 Å². The molecule has 1 aliphatic rings. The summed E-state index contributed by atoms with van der Waals surface area (Å²) in [4.78, 5) is 13.1. The van der Waals surface area contributed by atoms with Crippen molar-refractivity contribution in [2.75, 3.05) is 20.3 Å². The molecule has 4 nitrogen and oxygen atoms in total. The van der Waals surface area contributed by atoms with Crippen molar-refractivity contribution in [3.05, 3.63) is 16.3 Å². The number of methoxy groups -OCH3 is 1. The lowest BCUT2D eigenvalue weighted by Crippen LogP contribution is -2.48. The van der Waals surface area contributed by atoms with Crippen LogP contribution >= 0.6 is 11.3 Å². The number of amides is 1. The Morgan fingerprint density at radius 2 is 2.19 bits per heavy atom. The molecule has 0 aliphatic heterocycles. The van der Waals surface area contributed by atoms with Gasteiger partial charge in [-0.3, -0.25) is 4.79 Å². The van der Waals surface area contributed by atoms with Crippen LogP contribution in [0.25, 0.3) is 0 Å². The van der Waals surface area contributed by atoms with Gasteiger partial charge in [-0.2, -0.15) is 0 Å². The molecule has 0 saturated heterocycles. The summed E-state index contributed by atoms with van der Waals surface area (Å²) < 4.78 is 10.5. The van der Waals surface area contributed by atoms with E-state index < -0.39 is 5.54 Å². The van der Waals surface area contributed by atoms with Crippen LogP contribution in [0.15, 0.2) is 11.4 Å². The molecule has 114 valence electrons. The van der Waals surface area contributed by atoms with Crippen LogP contribution in [0.3, 0.4) is 0 Å². The Labute approximate surface area is 129 Å². The topological polar surface area (TPSA) is 47.6 Å². The van der Waals surface area contributed by atoms with Crippen LogP contribution in [0.2, 0.25) is 0 Å². The summed E-state index contributed by atoms with van der Waals surface area (Å²) >= 11 is 1.37. The van der Waals surface area contributed by atoms with Gasteiger partial charge in [0.05, 0.1) is 6.61 Å². The first-order valence-electron chi connectivity index (χ1n) is 7.20. The molecule has 1 fully saturated rings. The van der Waals surface area contributed by atoms with Gasteiger partial charge in [-0.1, -0.05) is 25.2 Å². The number of carbonyl (C=O) groups is 1. The van der Waals surface area contributed by atoms with Gasteiger partial charge < -0.3 is 14.8 Å². The lowest BCUT2D eigenvalue weighted by molar-refractivity contribution is 0.0901. The average molecular weight is 307 g/mol. The third kappa shape index (κ3) is 3.99. The van der Waals surface area contributed by atoms with Crippen LogP contribution < -0.4 is 10.1 Å². The number of carbonyl (C=O) groups excluding carboxylic acids is 1. The second-order valence-corrected chi connectivity index (χ2v) is 6.11. The van der Waals surface area contributed by atoms with E-state index in [1.807, 2.05) is 5.38 Å². The summed E-state index contributed by atoms with van der Waals surface area (Å²) in [6.07, 6.45) is 10.7. The smallest absolute Gasteiger partial charge is 0.266 e. The van der Waals surface area contributed by atoms with Gasteiger partial charge in [0.25, 0.3) is 5.91 Å². The van der Waals surface area contributed by atoms with Crippen molar-refractivity contribution in [2.24, 2.45) is 0 Å². The second-order valence-electron chi connectivity index (χ2n) is 5.20. The summed E-state index contributed by atoms with van der Waals surface area (Å²) in [5, 5.41) is 4.89. The predicted molar refractivity (Wildman–Crippen MR) is 83.8 cm³/mol. The molecule has 0 atom stereocenters. The molecule has 0 spiro atoms. The lowest BCUT2D eigenvalue weighted by atomic mass is 9.82. The van der Waals surface area contributed by atoms with Gasteiger partial charge in [-0.25, -0.2) is 0 Å². The summed E-state index contributed by atoms with van der Waals surface area (Å²) in [6.45, 7) is 0.916. The van der Waals surface area contributed by atoms with Gasteiger partial charge in [-0.15, -0.1) is 17.8 Å². The van der Waals surface area contributed by atoms with E-state index in [0.717, 1.165) is 25.7 Å². The Hall–Kier alpha value is -1.51. The van der Waals surface area contributed by atoms with Crippen molar-refractivity contribution in [2.45, 2.75) is 37.6 Å². The largest absolute Gasteiger partial charge is 0.489 e. The fourth-order valence-electron chi connectivity index (χ4n) is 2.55. The minimum atomic E-state index is -0.497. The van der Waals surface area contributed by atoms with Crippen LogP contribution in [-0.4, -0.2) is 31.8 Å². The van der Waals surface area contributed by atoms with E-state index in [1.165, 1.54) is 17.8 Å². The Bertz CT molecular complexity index is 512. The van der Waals surface area contributed by atoms with Crippen LogP contribution in [0, 0.1) is 12.3 Å². The highest BCUT2D eigenvalue weighted by Crippen LogP contribution is 2.30. The van der Waals surface area contributed by atoms with Crippen molar-refractivity contribution in [3.8, 4) is 18.1 Å². The van der Waals surface area contributed by atoms with Gasteiger partial charge in [0, 0.05) is 7.11 Å². The minimum Gasteiger partial charge on any atom is -0.489 e. The van der Waals surface area contributed by atoms with Crippen molar-refractivity contribution >= 4 is 17.2 Å². The maximum absolute atomic E-state index is 12.5. The molecular weight excluding hydrogens is 286 g/mol. The molecule has 0 aromatic carbocycles. The first-order valence-corrected chi connectivity index (χ1v) is 8.08. The van der Waals surface area contributed by atoms with Gasteiger partial charge in [0.15, 0.2) is 0 Å². The van der Waals surface area contributed by atoms with Crippen LogP contribution in [0.5, 0.6) is 5.75 Å². The summed E-state index contributed by atoms with van der Waals surface area (Å²) in [5.74, 6) is 3.25. The molecule has 1 heterocycles.